The van der Waals surface area contributed by atoms with Gasteiger partial charge in [-0.3, -0.25) is 19.1 Å². The number of rotatable bonds is 6. The third-order valence-corrected chi connectivity index (χ3v) is 5.63. The standard InChI is InChI=1S/C25H22N4O2/c1-2-3-15-29-23(30)19-11-7-10-18-21(13-12-20(22(18)19)24(29)31)28-16-14-26-25(28)27-17-8-5-4-6-9-17/h4-14,16H,2-3,15H2,1H3,(H,26,27). The van der Waals surface area contributed by atoms with Crippen LogP contribution in [0, 0.1) is 0 Å². The predicted octanol–water partition coefficient (Wildman–Crippen LogP) is 5.17. The number of benzene rings is 3. The Morgan fingerprint density at radius 2 is 1.68 bits per heavy atom. The van der Waals surface area contributed by atoms with Gasteiger partial charge in [0.05, 0.1) is 5.69 Å². The largest absolute Gasteiger partial charge is 0.325 e. The van der Waals surface area contributed by atoms with Crippen molar-refractivity contribution in [1.82, 2.24) is 14.5 Å². The Bertz CT molecular complexity index is 1270. The molecule has 0 fully saturated rings. The Morgan fingerprint density at radius 1 is 0.903 bits per heavy atom. The van der Waals surface area contributed by atoms with Crippen molar-refractivity contribution >= 4 is 34.2 Å². The highest BCUT2D eigenvalue weighted by molar-refractivity contribution is 6.26. The van der Waals surface area contributed by atoms with E-state index in [1.54, 1.807) is 12.3 Å². The number of carbonyl (C=O) groups excluding carboxylic acids is 2. The van der Waals surface area contributed by atoms with Crippen LogP contribution in [-0.4, -0.2) is 32.8 Å². The zero-order valence-corrected chi connectivity index (χ0v) is 17.2. The summed E-state index contributed by atoms with van der Waals surface area (Å²) in [7, 11) is 0. The van der Waals surface area contributed by atoms with Crippen molar-refractivity contribution < 1.29 is 9.59 Å². The topological polar surface area (TPSA) is 67.2 Å². The lowest BCUT2D eigenvalue weighted by molar-refractivity contribution is 0.0608. The number of hydrogen-bond donors (Lipinski definition) is 1. The van der Waals surface area contributed by atoms with E-state index in [0.29, 0.717) is 29.0 Å². The molecule has 2 heterocycles. The van der Waals surface area contributed by atoms with Crippen molar-refractivity contribution in [2.24, 2.45) is 0 Å². The van der Waals surface area contributed by atoms with E-state index >= 15 is 0 Å². The highest BCUT2D eigenvalue weighted by Gasteiger charge is 2.33. The number of amides is 2. The Kier molecular flexibility index (Phi) is 4.75. The molecule has 2 amide bonds. The van der Waals surface area contributed by atoms with Crippen molar-refractivity contribution in [2.45, 2.75) is 19.8 Å². The molecule has 1 N–H and O–H groups in total. The molecule has 6 heteroatoms. The van der Waals surface area contributed by atoms with Crippen LogP contribution in [0.25, 0.3) is 16.5 Å². The van der Waals surface area contributed by atoms with Gasteiger partial charge in [-0.15, -0.1) is 0 Å². The average Bonchev–Trinajstić information content (AvgIpc) is 3.25. The summed E-state index contributed by atoms with van der Waals surface area (Å²) in [6.07, 6.45) is 5.31. The van der Waals surface area contributed by atoms with Crippen LogP contribution in [-0.2, 0) is 0 Å². The molecule has 6 nitrogen and oxygen atoms in total. The minimum atomic E-state index is -0.220. The predicted molar refractivity (Wildman–Crippen MR) is 121 cm³/mol. The zero-order chi connectivity index (χ0) is 21.4. The summed E-state index contributed by atoms with van der Waals surface area (Å²) in [6.45, 7) is 2.49. The van der Waals surface area contributed by atoms with Gasteiger partial charge in [0, 0.05) is 46.5 Å². The summed E-state index contributed by atoms with van der Waals surface area (Å²) < 4.78 is 1.94. The lowest BCUT2D eigenvalue weighted by Gasteiger charge is -2.28. The van der Waals surface area contributed by atoms with Gasteiger partial charge in [-0.2, -0.15) is 0 Å². The Labute approximate surface area is 180 Å². The van der Waals surface area contributed by atoms with Crippen LogP contribution in [0.5, 0.6) is 0 Å². The molecular formula is C25H22N4O2. The molecule has 0 unspecified atom stereocenters. The van der Waals surface area contributed by atoms with E-state index in [-0.39, 0.29) is 11.8 Å². The normalized spacial score (nSPS) is 13.1. The summed E-state index contributed by atoms with van der Waals surface area (Å²) in [6, 6.07) is 19.2. The molecule has 0 spiro atoms. The van der Waals surface area contributed by atoms with E-state index in [0.717, 1.165) is 29.6 Å². The molecular weight excluding hydrogens is 388 g/mol. The minimum Gasteiger partial charge on any atom is -0.325 e. The molecule has 31 heavy (non-hydrogen) atoms. The highest BCUT2D eigenvalue weighted by atomic mass is 16.2. The third kappa shape index (κ3) is 3.17. The summed E-state index contributed by atoms with van der Waals surface area (Å²) in [5.74, 6) is 0.217. The van der Waals surface area contributed by atoms with E-state index in [2.05, 4.69) is 10.3 Å². The second-order valence-corrected chi connectivity index (χ2v) is 7.59. The number of aromatic nitrogens is 2. The maximum Gasteiger partial charge on any atom is 0.261 e. The number of hydrogen-bond acceptors (Lipinski definition) is 4. The molecule has 1 aromatic heterocycles. The molecule has 154 valence electrons. The highest BCUT2D eigenvalue weighted by Crippen LogP contribution is 2.35. The Balaban J connectivity index is 1.63. The van der Waals surface area contributed by atoms with Gasteiger partial charge in [0.2, 0.25) is 5.95 Å². The fourth-order valence-corrected chi connectivity index (χ4v) is 4.10. The molecule has 5 rings (SSSR count). The number of imide groups is 1. The first kappa shape index (κ1) is 19.1. The summed E-state index contributed by atoms with van der Waals surface area (Å²) in [4.78, 5) is 32.0. The van der Waals surface area contributed by atoms with Gasteiger partial charge in [-0.1, -0.05) is 43.7 Å². The van der Waals surface area contributed by atoms with Crippen LogP contribution in [0.15, 0.2) is 73.1 Å². The molecule has 0 bridgehead atoms. The third-order valence-electron chi connectivity index (χ3n) is 5.63. The Hall–Kier alpha value is -3.93. The van der Waals surface area contributed by atoms with E-state index in [1.807, 2.05) is 72.3 Å². The number of imidazole rings is 1. The van der Waals surface area contributed by atoms with Crippen LogP contribution < -0.4 is 5.32 Å². The number of anilines is 2. The van der Waals surface area contributed by atoms with E-state index in [1.165, 1.54) is 4.90 Å². The smallest absolute Gasteiger partial charge is 0.261 e. The number of nitrogens with one attached hydrogen (secondary N) is 1. The average molecular weight is 410 g/mol. The number of unbranched alkanes of at least 4 members (excludes halogenated alkanes) is 1. The lowest BCUT2D eigenvalue weighted by Crippen LogP contribution is -2.40. The quantitative estimate of drug-likeness (QED) is 0.446. The minimum absolute atomic E-state index is 0.220. The van der Waals surface area contributed by atoms with Crippen molar-refractivity contribution in [3.63, 3.8) is 0 Å². The molecule has 1 aliphatic heterocycles. The lowest BCUT2D eigenvalue weighted by atomic mass is 9.93. The van der Waals surface area contributed by atoms with Crippen LogP contribution in [0.2, 0.25) is 0 Å². The van der Waals surface area contributed by atoms with Gasteiger partial charge in [-0.05, 0) is 36.8 Å². The monoisotopic (exact) mass is 410 g/mol. The van der Waals surface area contributed by atoms with Gasteiger partial charge < -0.3 is 5.32 Å². The number of carbonyl (C=O) groups is 2. The van der Waals surface area contributed by atoms with Crippen molar-refractivity contribution in [3.05, 3.63) is 84.2 Å². The first-order valence-corrected chi connectivity index (χ1v) is 10.5. The fourth-order valence-electron chi connectivity index (χ4n) is 4.10. The van der Waals surface area contributed by atoms with Crippen LogP contribution in [0.1, 0.15) is 40.5 Å². The summed E-state index contributed by atoms with van der Waals surface area (Å²) in [5, 5.41) is 4.89. The number of nitrogens with zero attached hydrogens (tertiary/aromatic N) is 3. The fraction of sp³-hybridized carbons (Fsp3) is 0.160. The van der Waals surface area contributed by atoms with E-state index in [9.17, 15) is 9.59 Å². The van der Waals surface area contributed by atoms with E-state index < -0.39 is 0 Å². The molecule has 4 aromatic rings. The maximum atomic E-state index is 13.1. The zero-order valence-electron chi connectivity index (χ0n) is 17.2. The molecule has 0 radical (unpaired) electrons. The van der Waals surface area contributed by atoms with Crippen molar-refractivity contribution in [2.75, 3.05) is 11.9 Å². The van der Waals surface area contributed by atoms with Gasteiger partial charge in [0.15, 0.2) is 0 Å². The van der Waals surface area contributed by atoms with Gasteiger partial charge in [0.1, 0.15) is 0 Å². The van der Waals surface area contributed by atoms with Crippen LogP contribution >= 0.6 is 0 Å². The molecule has 3 aromatic carbocycles. The second kappa shape index (κ2) is 7.72. The molecule has 0 aliphatic carbocycles. The molecule has 0 atom stereocenters. The SMILES string of the molecule is CCCCN1C(=O)c2cccc3c(-n4ccnc4Nc4ccccc4)ccc(c23)C1=O. The van der Waals surface area contributed by atoms with Crippen LogP contribution in [0.4, 0.5) is 11.6 Å². The summed E-state index contributed by atoms with van der Waals surface area (Å²) in [5.41, 5.74) is 2.93. The van der Waals surface area contributed by atoms with E-state index in [4.69, 9.17) is 0 Å². The van der Waals surface area contributed by atoms with Gasteiger partial charge in [-0.25, -0.2) is 4.98 Å². The molecule has 0 saturated heterocycles. The van der Waals surface area contributed by atoms with Gasteiger partial charge in [0.25, 0.3) is 11.8 Å². The Morgan fingerprint density at radius 3 is 2.45 bits per heavy atom. The van der Waals surface area contributed by atoms with Crippen molar-refractivity contribution in [1.29, 1.82) is 0 Å². The van der Waals surface area contributed by atoms with Crippen LogP contribution in [0.3, 0.4) is 0 Å². The molecule has 0 saturated carbocycles. The number of para-hydroxylation sites is 1. The first-order valence-electron chi connectivity index (χ1n) is 10.5. The summed E-state index contributed by atoms with van der Waals surface area (Å²) >= 11 is 0. The maximum absolute atomic E-state index is 13.1. The molecule has 1 aliphatic rings. The second-order valence-electron chi connectivity index (χ2n) is 7.59. The van der Waals surface area contributed by atoms with Gasteiger partial charge >= 0.3 is 0 Å². The first-order chi connectivity index (χ1) is 15.2. The van der Waals surface area contributed by atoms with Crippen molar-refractivity contribution in [3.8, 4) is 5.69 Å².